The summed E-state index contributed by atoms with van der Waals surface area (Å²) < 4.78 is 33.1. The molecule has 85 heavy (non-hydrogen) atoms. The van der Waals surface area contributed by atoms with Gasteiger partial charge in [-0.1, -0.05) is 68.5 Å². The maximum Gasteiger partial charge on any atom is 0.284 e. The third-order valence-electron chi connectivity index (χ3n) is 17.7. The van der Waals surface area contributed by atoms with E-state index in [2.05, 4.69) is 45.5 Å². The molecule has 6 heterocycles. The molecule has 0 spiro atoms. The number of rotatable bonds is 20. The predicted molar refractivity (Wildman–Crippen MR) is 330 cm³/mol. The minimum Gasteiger partial charge on any atom is -0.391 e. The number of likely N-dealkylation sites (tertiary alicyclic amines) is 1. The van der Waals surface area contributed by atoms with Crippen molar-refractivity contribution in [1.82, 2.24) is 55.2 Å². The first kappa shape index (κ1) is 59.5. The van der Waals surface area contributed by atoms with Crippen molar-refractivity contribution in [2.24, 2.45) is 28.6 Å². The monoisotopic (exact) mass is 1210 g/mol. The minimum absolute atomic E-state index is 0.0115. The number of para-hydroxylation sites is 1. The van der Waals surface area contributed by atoms with Gasteiger partial charge in [-0.15, -0.1) is 21.5 Å². The maximum absolute atomic E-state index is 14.5. The van der Waals surface area contributed by atoms with Gasteiger partial charge in [0, 0.05) is 49.8 Å². The summed E-state index contributed by atoms with van der Waals surface area (Å²) in [4.78, 5) is 74.4. The number of nitrogens with one attached hydrogen (secondary N) is 4. The van der Waals surface area contributed by atoms with Crippen LogP contribution in [0.4, 0.5) is 22.6 Å². The van der Waals surface area contributed by atoms with Gasteiger partial charge in [-0.3, -0.25) is 23.9 Å². The number of fused-ring (bicyclic) bond motifs is 1. The zero-order chi connectivity index (χ0) is 60.1. The van der Waals surface area contributed by atoms with Gasteiger partial charge in [0.2, 0.25) is 27.7 Å². The summed E-state index contributed by atoms with van der Waals surface area (Å²) >= 11 is 3.06. The van der Waals surface area contributed by atoms with E-state index in [1.807, 2.05) is 82.3 Å². The number of unbranched alkanes of at least 4 members (excludes halogenated alkanes) is 1. The van der Waals surface area contributed by atoms with E-state index in [1.54, 1.807) is 67.9 Å². The molecular weight excluding hydrogens is 1130 g/mol. The number of benzene rings is 2. The highest BCUT2D eigenvalue weighted by Crippen LogP contribution is 2.60. The Morgan fingerprint density at radius 3 is 2.26 bits per heavy atom. The third kappa shape index (κ3) is 13.0. The number of thiazole rings is 2. The molecule has 0 unspecified atom stereocenters. The number of hydrogen-bond donors (Lipinski definition) is 5. The van der Waals surface area contributed by atoms with Gasteiger partial charge in [-0.25, -0.2) is 28.1 Å². The normalized spacial score (nSPS) is 21.7. The van der Waals surface area contributed by atoms with Crippen LogP contribution < -0.4 is 25.6 Å². The molecule has 4 saturated carbocycles. The Balaban J connectivity index is 0.745. The fraction of sp³-hybridized carbons (Fsp3) is 0.484. The summed E-state index contributed by atoms with van der Waals surface area (Å²) in [7, 11) is -2.54. The standard InChI is InChI=1S/C62H75N13O7S3/c1-35-23-51(70-71-56(35)69-60-66-47-13-9-10-14-49(47)84-60)73(8)50-21-20-45(46-31-64-75(38(46)4)33-62-28-39-24-40(29-62)26-41(25-39)30-62)53(67-50)58(79)72-85(81,82)22-12-11-15-52(77)68-55(61(5,6)7)59(80)74-32-44(76)27-48(74)57(78)65-36(2)42-16-18-43(19-17-42)54-37(3)63-34-83-54/h9-10,13-14,16-21,23,31,34,36,39-41,44,48,55,76H,11-12,15,22,24-30,32-33H2,1-8H3,(H,65,78)(H,68,77)(H,72,79)(H,66,69,71)/t36-,39?,40?,41?,44+,48-,55+,62?/m0/s1. The van der Waals surface area contributed by atoms with E-state index in [0.29, 0.717) is 33.7 Å². The number of carbonyl (C=O) groups excluding carboxylic acids is 4. The SMILES string of the molecule is Cc1cc(N(C)c2ccc(-c3cnn(CC45CC6CC(CC(C6)C4)C5)c3C)c(C(=O)NS(=O)(=O)CCCCC(=O)N[C@H](C(=O)N3C[C@H](O)C[C@H]3C(=O)N[C@@H](C)c3ccc(-c4scnc4C)cc3)C(C)(C)C)n2)nnc1Nc1nc2ccccc2s1. The highest BCUT2D eigenvalue weighted by Gasteiger charge is 2.51. The molecule has 4 bridgehead atoms. The van der Waals surface area contributed by atoms with Gasteiger partial charge in [0.1, 0.15) is 23.6 Å². The lowest BCUT2D eigenvalue weighted by Gasteiger charge is -2.56. The van der Waals surface area contributed by atoms with Crippen LogP contribution in [-0.2, 0) is 31.0 Å². The molecule has 5 N–H and O–H groups in total. The zero-order valence-corrected chi connectivity index (χ0v) is 51.8. The molecule has 2 aromatic carbocycles. The summed E-state index contributed by atoms with van der Waals surface area (Å²) in [5, 5.41) is 34.5. The van der Waals surface area contributed by atoms with Crippen molar-refractivity contribution in [1.29, 1.82) is 0 Å². The Kier molecular flexibility index (Phi) is 16.8. The van der Waals surface area contributed by atoms with Crippen molar-refractivity contribution in [3.8, 4) is 21.6 Å². The van der Waals surface area contributed by atoms with Crippen LogP contribution in [0.15, 0.2) is 78.4 Å². The second kappa shape index (κ2) is 23.9. The van der Waals surface area contributed by atoms with Gasteiger partial charge >= 0.3 is 0 Å². The number of sulfonamides is 1. The highest BCUT2D eigenvalue weighted by atomic mass is 32.2. The van der Waals surface area contributed by atoms with Crippen LogP contribution in [0, 0.1) is 49.4 Å². The number of nitrogens with zero attached hydrogens (tertiary/aromatic N) is 9. The summed E-state index contributed by atoms with van der Waals surface area (Å²) in [5.41, 5.74) is 7.49. The number of amides is 4. The fourth-order valence-corrected chi connectivity index (χ4v) is 16.4. The Morgan fingerprint density at radius 2 is 1.59 bits per heavy atom. The molecule has 448 valence electrons. The minimum atomic E-state index is -4.29. The molecule has 4 aliphatic carbocycles. The fourth-order valence-electron chi connectivity index (χ4n) is 13.7. The Bertz CT molecular complexity index is 3710. The Morgan fingerprint density at radius 1 is 0.871 bits per heavy atom. The molecule has 5 fully saturated rings. The van der Waals surface area contributed by atoms with Crippen LogP contribution in [0.1, 0.15) is 131 Å². The van der Waals surface area contributed by atoms with Gasteiger partial charge < -0.3 is 30.9 Å². The first-order valence-electron chi connectivity index (χ1n) is 29.4. The smallest absolute Gasteiger partial charge is 0.284 e. The lowest BCUT2D eigenvalue weighted by Crippen LogP contribution is -2.57. The van der Waals surface area contributed by atoms with Crippen molar-refractivity contribution in [2.75, 3.05) is 29.6 Å². The molecule has 5 aromatic heterocycles. The summed E-state index contributed by atoms with van der Waals surface area (Å²) in [6.45, 7) is 13.8. The number of pyridine rings is 1. The second-order valence-corrected chi connectivity index (χ2v) is 29.0. The van der Waals surface area contributed by atoms with Crippen LogP contribution in [0.3, 0.4) is 0 Å². The molecule has 20 nitrogen and oxygen atoms in total. The molecule has 23 heteroatoms. The van der Waals surface area contributed by atoms with Crippen LogP contribution in [0.25, 0.3) is 31.8 Å². The molecule has 1 saturated heterocycles. The van der Waals surface area contributed by atoms with E-state index in [-0.39, 0.29) is 43.3 Å². The largest absolute Gasteiger partial charge is 0.391 e. The van der Waals surface area contributed by atoms with E-state index >= 15 is 0 Å². The second-order valence-electron chi connectivity index (χ2n) is 25.3. The van der Waals surface area contributed by atoms with Crippen LogP contribution >= 0.6 is 22.7 Å². The molecule has 4 amide bonds. The number of aromatic nitrogens is 7. The molecule has 7 aromatic rings. The number of carbonyl (C=O) groups is 4. The molecule has 4 atom stereocenters. The maximum atomic E-state index is 14.5. The van der Waals surface area contributed by atoms with Crippen LogP contribution in [0.2, 0.25) is 0 Å². The van der Waals surface area contributed by atoms with Gasteiger partial charge in [-0.2, -0.15) is 5.10 Å². The molecular formula is C62H75N13O7S3. The van der Waals surface area contributed by atoms with E-state index in [9.17, 15) is 32.7 Å². The Labute approximate surface area is 504 Å². The van der Waals surface area contributed by atoms with Crippen molar-refractivity contribution >= 4 is 89.1 Å². The van der Waals surface area contributed by atoms with Crippen LogP contribution in [0.5, 0.6) is 0 Å². The Hall–Kier alpha value is -7.21. The third-order valence-corrected chi connectivity index (χ3v) is 20.9. The first-order valence-corrected chi connectivity index (χ1v) is 32.7. The molecule has 1 aliphatic heterocycles. The molecule has 0 radical (unpaired) electrons. The zero-order valence-electron chi connectivity index (χ0n) is 49.4. The summed E-state index contributed by atoms with van der Waals surface area (Å²) in [6, 6.07) is 18.6. The summed E-state index contributed by atoms with van der Waals surface area (Å²) in [5.74, 6) is 0.734. The first-order chi connectivity index (χ1) is 40.5. The van der Waals surface area contributed by atoms with Gasteiger partial charge in [0.25, 0.3) is 5.91 Å². The number of aliphatic hydroxyl groups excluding tert-OH is 1. The average molecular weight is 1210 g/mol. The topological polar surface area (TPSA) is 260 Å². The van der Waals surface area contributed by atoms with Gasteiger partial charge in [0.15, 0.2) is 16.8 Å². The number of β-amino-alcohol motifs (C(OH)–C–C–N with tert-alkyl or cyclic N) is 1. The van der Waals surface area contributed by atoms with Crippen LogP contribution in [-0.4, -0.2) is 115 Å². The number of aryl methyl sites for hydroxylation is 2. The van der Waals surface area contributed by atoms with Crippen molar-refractivity contribution < 1.29 is 32.7 Å². The van der Waals surface area contributed by atoms with Crippen molar-refractivity contribution in [3.05, 3.63) is 107 Å². The van der Waals surface area contributed by atoms with E-state index in [4.69, 9.17) is 10.1 Å². The van der Waals surface area contributed by atoms with E-state index < -0.39 is 69.0 Å². The lowest BCUT2D eigenvalue weighted by atomic mass is 9.49. The number of hydrogen-bond acceptors (Lipinski definition) is 17. The average Bonchev–Trinajstić information content (AvgIpc) is 4.37. The van der Waals surface area contributed by atoms with Crippen molar-refractivity contribution in [3.63, 3.8) is 0 Å². The molecule has 5 aliphatic rings. The number of anilines is 4. The quantitative estimate of drug-likeness (QED) is 0.0445. The number of aliphatic hydroxyl groups is 1. The van der Waals surface area contributed by atoms with Gasteiger partial charge in [0.05, 0.1) is 50.4 Å². The highest BCUT2D eigenvalue weighted by molar-refractivity contribution is 7.90. The van der Waals surface area contributed by atoms with Gasteiger partial charge in [-0.05, 0) is 155 Å². The van der Waals surface area contributed by atoms with Crippen molar-refractivity contribution in [2.45, 2.75) is 143 Å². The van der Waals surface area contributed by atoms with E-state index in [1.165, 1.54) is 54.8 Å². The predicted octanol–water partition coefficient (Wildman–Crippen LogP) is 9.72. The summed E-state index contributed by atoms with van der Waals surface area (Å²) in [6.07, 6.45) is 8.40. The lowest BCUT2D eigenvalue weighted by molar-refractivity contribution is -0.144. The van der Waals surface area contributed by atoms with E-state index in [0.717, 1.165) is 67.5 Å². The molecule has 12 rings (SSSR count).